The van der Waals surface area contributed by atoms with E-state index in [9.17, 15) is 14.7 Å². The maximum Gasteiger partial charge on any atom is 0.315 e. The Balaban J connectivity index is 2.62. The Bertz CT molecular complexity index is 572. The highest BCUT2D eigenvalue weighted by Crippen LogP contribution is 2.25. The Hall–Kier alpha value is -2.08. The van der Waals surface area contributed by atoms with E-state index in [0.717, 1.165) is 5.56 Å². The number of rotatable bonds is 10. The normalized spacial score (nSPS) is 13.9. The second-order valence-corrected chi connectivity index (χ2v) is 7.82. The number of benzene rings is 1. The SMILES string of the molecule is CC(C)C(O)C(C)(C)CNC(=O)NC(CCC(=O)O)Cc1ccccc1. The fourth-order valence-electron chi connectivity index (χ4n) is 2.97. The van der Waals surface area contributed by atoms with E-state index < -0.39 is 17.5 Å². The van der Waals surface area contributed by atoms with Crippen molar-refractivity contribution < 1.29 is 19.8 Å². The summed E-state index contributed by atoms with van der Waals surface area (Å²) in [4.78, 5) is 23.2. The van der Waals surface area contributed by atoms with E-state index in [0.29, 0.717) is 19.4 Å². The van der Waals surface area contributed by atoms with E-state index in [-0.39, 0.29) is 24.4 Å². The number of carbonyl (C=O) groups excluding carboxylic acids is 1. The monoisotopic (exact) mass is 364 g/mol. The molecule has 2 amide bonds. The van der Waals surface area contributed by atoms with Crippen LogP contribution in [0, 0.1) is 11.3 Å². The van der Waals surface area contributed by atoms with Gasteiger partial charge in [0.05, 0.1) is 6.10 Å². The molecule has 4 N–H and O–H groups in total. The third kappa shape index (κ3) is 7.87. The first-order valence-electron chi connectivity index (χ1n) is 9.10. The van der Waals surface area contributed by atoms with Crippen LogP contribution in [0.3, 0.4) is 0 Å². The molecule has 1 aromatic rings. The molecule has 0 aromatic heterocycles. The van der Waals surface area contributed by atoms with E-state index in [2.05, 4.69) is 10.6 Å². The van der Waals surface area contributed by atoms with Crippen LogP contribution < -0.4 is 10.6 Å². The van der Waals surface area contributed by atoms with Crippen molar-refractivity contribution in [2.45, 2.75) is 59.1 Å². The Labute approximate surface area is 156 Å². The van der Waals surface area contributed by atoms with Gasteiger partial charge in [-0.25, -0.2) is 4.79 Å². The summed E-state index contributed by atoms with van der Waals surface area (Å²) in [5.74, 6) is -0.789. The van der Waals surface area contributed by atoms with Crippen molar-refractivity contribution >= 4 is 12.0 Å². The summed E-state index contributed by atoms with van der Waals surface area (Å²) in [5, 5.41) is 24.9. The molecule has 0 aliphatic carbocycles. The number of aliphatic hydroxyl groups is 1. The lowest BCUT2D eigenvalue weighted by Gasteiger charge is -2.33. The second kappa shape index (κ2) is 10.2. The molecule has 2 unspecified atom stereocenters. The fourth-order valence-corrected chi connectivity index (χ4v) is 2.97. The number of aliphatic hydroxyl groups excluding tert-OH is 1. The van der Waals surface area contributed by atoms with Gasteiger partial charge in [0, 0.05) is 24.4 Å². The van der Waals surface area contributed by atoms with Gasteiger partial charge in [-0.3, -0.25) is 4.79 Å². The molecular weight excluding hydrogens is 332 g/mol. The summed E-state index contributed by atoms with van der Waals surface area (Å²) in [6.45, 7) is 8.02. The number of urea groups is 1. The Morgan fingerprint density at radius 2 is 1.77 bits per heavy atom. The fraction of sp³-hybridized carbons (Fsp3) is 0.600. The topological polar surface area (TPSA) is 98.7 Å². The maximum atomic E-state index is 12.3. The molecule has 26 heavy (non-hydrogen) atoms. The summed E-state index contributed by atoms with van der Waals surface area (Å²) in [7, 11) is 0. The van der Waals surface area contributed by atoms with Gasteiger partial charge in [0.15, 0.2) is 0 Å². The number of hydrogen-bond acceptors (Lipinski definition) is 3. The van der Waals surface area contributed by atoms with Crippen molar-refractivity contribution in [3.63, 3.8) is 0 Å². The first-order chi connectivity index (χ1) is 12.1. The molecule has 146 valence electrons. The van der Waals surface area contributed by atoms with Gasteiger partial charge in [0.2, 0.25) is 0 Å². The minimum atomic E-state index is -0.883. The van der Waals surface area contributed by atoms with Crippen LogP contribution in [0.1, 0.15) is 46.1 Å². The first-order valence-corrected chi connectivity index (χ1v) is 9.10. The van der Waals surface area contributed by atoms with E-state index >= 15 is 0 Å². The lowest BCUT2D eigenvalue weighted by molar-refractivity contribution is -0.137. The van der Waals surface area contributed by atoms with E-state index in [1.807, 2.05) is 58.0 Å². The van der Waals surface area contributed by atoms with Crippen LogP contribution in [-0.2, 0) is 11.2 Å². The van der Waals surface area contributed by atoms with Crippen molar-refractivity contribution in [3.05, 3.63) is 35.9 Å². The van der Waals surface area contributed by atoms with Gasteiger partial charge in [-0.2, -0.15) is 0 Å². The van der Waals surface area contributed by atoms with Gasteiger partial charge < -0.3 is 20.8 Å². The summed E-state index contributed by atoms with van der Waals surface area (Å²) in [6, 6.07) is 9.04. The van der Waals surface area contributed by atoms with Crippen LogP contribution in [0.4, 0.5) is 4.79 Å². The van der Waals surface area contributed by atoms with Crippen molar-refractivity contribution in [1.29, 1.82) is 0 Å². The zero-order valence-corrected chi connectivity index (χ0v) is 16.2. The van der Waals surface area contributed by atoms with Crippen LogP contribution in [0.15, 0.2) is 30.3 Å². The average molecular weight is 364 g/mol. The summed E-state index contributed by atoms with van der Waals surface area (Å²) < 4.78 is 0. The minimum Gasteiger partial charge on any atom is -0.481 e. The van der Waals surface area contributed by atoms with Crippen LogP contribution >= 0.6 is 0 Å². The van der Waals surface area contributed by atoms with Crippen LogP contribution in [0.2, 0.25) is 0 Å². The van der Waals surface area contributed by atoms with Crippen LogP contribution in [0.25, 0.3) is 0 Å². The lowest BCUT2D eigenvalue weighted by atomic mass is 9.81. The summed E-state index contributed by atoms with van der Waals surface area (Å²) in [5.41, 5.74) is 0.584. The molecule has 0 aliphatic rings. The highest BCUT2D eigenvalue weighted by atomic mass is 16.4. The smallest absolute Gasteiger partial charge is 0.315 e. The number of amides is 2. The van der Waals surface area contributed by atoms with Crippen LogP contribution in [-0.4, -0.2) is 40.9 Å². The number of carboxylic acid groups (broad SMARTS) is 1. The minimum absolute atomic E-state index is 0.00463. The van der Waals surface area contributed by atoms with Crippen molar-refractivity contribution in [1.82, 2.24) is 10.6 Å². The molecule has 1 rings (SSSR count). The van der Waals surface area contributed by atoms with Gasteiger partial charge in [-0.15, -0.1) is 0 Å². The molecular formula is C20H32N2O4. The molecule has 6 nitrogen and oxygen atoms in total. The Morgan fingerprint density at radius 1 is 1.15 bits per heavy atom. The highest BCUT2D eigenvalue weighted by Gasteiger charge is 2.30. The molecule has 0 heterocycles. The number of nitrogens with one attached hydrogen (secondary N) is 2. The third-order valence-corrected chi connectivity index (χ3v) is 4.50. The molecule has 0 radical (unpaired) electrons. The maximum absolute atomic E-state index is 12.3. The van der Waals surface area contributed by atoms with Crippen LogP contribution in [0.5, 0.6) is 0 Å². The van der Waals surface area contributed by atoms with Crippen molar-refractivity contribution in [2.24, 2.45) is 11.3 Å². The second-order valence-electron chi connectivity index (χ2n) is 7.82. The number of aliphatic carboxylic acids is 1. The molecule has 0 spiro atoms. The van der Waals surface area contributed by atoms with E-state index in [1.165, 1.54) is 0 Å². The quantitative estimate of drug-likeness (QED) is 0.513. The molecule has 0 aliphatic heterocycles. The molecule has 0 saturated carbocycles. The molecule has 2 atom stereocenters. The highest BCUT2D eigenvalue weighted by molar-refractivity contribution is 5.74. The Kier molecular flexibility index (Phi) is 8.58. The molecule has 6 heteroatoms. The van der Waals surface area contributed by atoms with Crippen molar-refractivity contribution in [2.75, 3.05) is 6.54 Å². The summed E-state index contributed by atoms with van der Waals surface area (Å²) in [6.07, 6.45) is 0.389. The predicted octanol–water partition coefficient (Wildman–Crippen LogP) is 2.80. The number of carboxylic acids is 1. The van der Waals surface area contributed by atoms with Gasteiger partial charge in [0.25, 0.3) is 0 Å². The lowest BCUT2D eigenvalue weighted by Crippen LogP contribution is -2.49. The first kappa shape index (κ1) is 22.0. The van der Waals surface area contributed by atoms with Gasteiger partial charge in [-0.05, 0) is 24.3 Å². The van der Waals surface area contributed by atoms with Gasteiger partial charge in [-0.1, -0.05) is 58.0 Å². The molecule has 0 fully saturated rings. The zero-order chi connectivity index (χ0) is 19.7. The van der Waals surface area contributed by atoms with Gasteiger partial charge >= 0.3 is 12.0 Å². The van der Waals surface area contributed by atoms with E-state index in [4.69, 9.17) is 5.11 Å². The summed E-state index contributed by atoms with van der Waals surface area (Å²) >= 11 is 0. The molecule has 0 bridgehead atoms. The van der Waals surface area contributed by atoms with E-state index in [1.54, 1.807) is 0 Å². The largest absolute Gasteiger partial charge is 0.481 e. The average Bonchev–Trinajstić information content (AvgIpc) is 2.58. The number of carbonyl (C=O) groups is 2. The molecule has 1 aromatic carbocycles. The predicted molar refractivity (Wildman–Crippen MR) is 102 cm³/mol. The molecule has 0 saturated heterocycles. The van der Waals surface area contributed by atoms with Crippen molar-refractivity contribution in [3.8, 4) is 0 Å². The third-order valence-electron chi connectivity index (χ3n) is 4.50. The standard InChI is InChI=1S/C20H32N2O4/c1-14(2)18(25)20(3,4)13-21-19(26)22-16(10-11-17(23)24)12-15-8-6-5-7-9-15/h5-9,14,16,18,25H,10-13H2,1-4H3,(H,23,24)(H2,21,22,26). The zero-order valence-electron chi connectivity index (χ0n) is 16.2. The Morgan fingerprint density at radius 3 is 2.31 bits per heavy atom. The number of hydrogen-bond donors (Lipinski definition) is 4. The van der Waals surface area contributed by atoms with Gasteiger partial charge in [0.1, 0.15) is 0 Å².